The number of halogens is 4. The van der Waals surface area contributed by atoms with Crippen LogP contribution in [0.4, 0.5) is 0 Å². The number of ether oxygens (including phenoxy) is 4. The van der Waals surface area contributed by atoms with Crippen molar-refractivity contribution in [3.8, 4) is 0 Å². The van der Waals surface area contributed by atoms with Crippen LogP contribution in [0.25, 0.3) is 0 Å². The molecule has 4 aromatic carbocycles. The molecule has 11 atom stereocenters. The molecule has 20 nitrogen and oxygen atoms in total. The maximum absolute atomic E-state index is 9.73. The third kappa shape index (κ3) is 10.8. The molecule has 17 fully saturated rings. The van der Waals surface area contributed by atoms with Gasteiger partial charge in [-0.05, 0) is 223 Å². The minimum atomic E-state index is -1.67. The summed E-state index contributed by atoms with van der Waals surface area (Å²) in [6.07, 6.45) is 25.5. The molecule has 14 bridgehead atoms. The number of rotatable bonds is 12. The maximum atomic E-state index is 9.73. The molecule has 4 aromatic rings. The van der Waals surface area contributed by atoms with E-state index in [4.69, 9.17) is 104 Å². The van der Waals surface area contributed by atoms with Crippen molar-refractivity contribution in [1.82, 2.24) is 0 Å². The van der Waals surface area contributed by atoms with Gasteiger partial charge in [-0.2, -0.15) is 19.6 Å². The van der Waals surface area contributed by atoms with Crippen molar-refractivity contribution < 1.29 is 98.2 Å². The third-order valence-electron chi connectivity index (χ3n) is 28.6. The van der Waals surface area contributed by atoms with Crippen LogP contribution < -0.4 is 21.9 Å². The van der Waals surface area contributed by atoms with Gasteiger partial charge in [-0.1, -0.05) is 121 Å². The van der Waals surface area contributed by atoms with E-state index in [0.29, 0.717) is 51.1 Å². The molecule has 560 valence electrons. The molecular weight excluding hydrogens is 1420 g/mol. The zero-order valence-electron chi connectivity index (χ0n) is 58.6. The Hall–Kier alpha value is -2.76. The molecule has 23 rings (SSSR count). The van der Waals surface area contributed by atoms with Gasteiger partial charge in [-0.15, -0.1) is 23.2 Å². The van der Waals surface area contributed by atoms with Gasteiger partial charge in [0.05, 0.1) is 0 Å². The van der Waals surface area contributed by atoms with Crippen LogP contribution in [0.3, 0.4) is 0 Å². The Balaban J connectivity index is 0.000000107. The Bertz CT molecular complexity index is 3870. The molecule has 19 aliphatic rings. The molecule has 13 saturated carbocycles. The Kier molecular flexibility index (Phi) is 19.7. The van der Waals surface area contributed by atoms with Crippen LogP contribution in [-0.2, 0) is 81.2 Å². The van der Waals surface area contributed by atoms with E-state index in [0.717, 1.165) is 118 Å². The van der Waals surface area contributed by atoms with Crippen molar-refractivity contribution >= 4 is 96.7 Å². The van der Waals surface area contributed by atoms with Gasteiger partial charge in [0, 0.05) is 93.2 Å². The van der Waals surface area contributed by atoms with Crippen LogP contribution >= 0.6 is 46.4 Å². The van der Waals surface area contributed by atoms with Crippen LogP contribution in [0, 0.1) is 71.0 Å². The van der Waals surface area contributed by atoms with E-state index in [9.17, 15) is 40.2 Å². The van der Waals surface area contributed by atoms with Gasteiger partial charge in [0.2, 0.25) is 0 Å². The zero-order valence-corrected chi connectivity index (χ0v) is 61.6. The Morgan fingerprint density at radius 1 is 0.385 bits per heavy atom. The first-order valence-corrected chi connectivity index (χ1v) is 38.9. The quantitative estimate of drug-likeness (QED) is 0.0284. The molecule has 4 spiro atoms. The second-order valence-electron chi connectivity index (χ2n) is 33.4. The Labute approximate surface area is 629 Å². The molecule has 4 aliphatic heterocycles. The van der Waals surface area contributed by atoms with Crippen LogP contribution in [-0.4, -0.2) is 129 Å². The summed E-state index contributed by atoms with van der Waals surface area (Å²) in [5, 5.41) is 77.4. The summed E-state index contributed by atoms with van der Waals surface area (Å²) in [5.74, 6) is 1.40. The van der Waals surface area contributed by atoms with E-state index in [1.165, 1.54) is 57.8 Å². The molecule has 28 heteroatoms. The van der Waals surface area contributed by atoms with Crippen molar-refractivity contribution in [1.29, 1.82) is 0 Å². The monoisotopic (exact) mass is 1510 g/mol. The van der Waals surface area contributed by atoms with Crippen LogP contribution in [0.15, 0.2) is 96.1 Å². The Morgan fingerprint density at radius 2 is 0.760 bits per heavy atom. The predicted molar refractivity (Wildman–Crippen MR) is 388 cm³/mol. The van der Waals surface area contributed by atoms with Crippen LogP contribution in [0.5, 0.6) is 0 Å². The minimum absolute atomic E-state index is 0. The first-order chi connectivity index (χ1) is 49.4. The zero-order chi connectivity index (χ0) is 71.8. The van der Waals surface area contributed by atoms with Crippen molar-refractivity contribution in [2.24, 2.45) is 71.0 Å². The molecule has 15 aliphatic carbocycles. The average Bonchev–Trinajstić information content (AvgIpc) is 0.685. The number of benzene rings is 4. The summed E-state index contributed by atoms with van der Waals surface area (Å²) in [6, 6.07) is 24.6. The normalized spacial score (nSPS) is 43.2. The van der Waals surface area contributed by atoms with E-state index in [1.807, 2.05) is 30.3 Å². The van der Waals surface area contributed by atoms with E-state index >= 15 is 0 Å². The lowest BCUT2D eigenvalue weighted by atomic mass is 9.46. The average molecular weight is 1510 g/mol. The van der Waals surface area contributed by atoms with Crippen LogP contribution in [0.2, 0.25) is 10.0 Å². The van der Waals surface area contributed by atoms with E-state index in [-0.39, 0.29) is 62.7 Å². The molecule has 0 amide bonds. The highest BCUT2D eigenvalue weighted by molar-refractivity contribution is 6.63. The van der Waals surface area contributed by atoms with Crippen molar-refractivity contribution in [2.75, 3.05) is 28.4 Å². The fourth-order valence-corrected chi connectivity index (χ4v) is 26.7. The van der Waals surface area contributed by atoms with E-state index in [2.05, 4.69) is 0 Å². The van der Waals surface area contributed by atoms with Gasteiger partial charge in [0.1, 0.15) is 0 Å². The number of fused-ring (bicyclic) bond motifs is 1. The lowest BCUT2D eigenvalue weighted by Crippen LogP contribution is -2.78. The predicted octanol–water partition coefficient (Wildman–Crippen LogP) is 9.19. The first kappa shape index (κ1) is 75.3. The molecular formula is C76H96B4Cl4O20. The largest absolute Gasteiger partial charge is 0.489 e. The van der Waals surface area contributed by atoms with Crippen LogP contribution in [0.1, 0.15) is 177 Å². The van der Waals surface area contributed by atoms with Crippen molar-refractivity contribution in [3.05, 3.63) is 128 Å². The van der Waals surface area contributed by atoms with E-state index in [1.54, 1.807) is 94.2 Å². The highest BCUT2D eigenvalue weighted by Gasteiger charge is 2.82. The van der Waals surface area contributed by atoms with Gasteiger partial charge in [-0.25, -0.2) is 19.6 Å². The highest BCUT2D eigenvalue weighted by Crippen LogP contribution is 2.75. The topological polar surface area (TPSA) is 273 Å². The molecule has 104 heavy (non-hydrogen) atoms. The summed E-state index contributed by atoms with van der Waals surface area (Å²) in [4.78, 5) is 46.3. The van der Waals surface area contributed by atoms with Crippen molar-refractivity contribution in [2.45, 2.75) is 210 Å². The second kappa shape index (κ2) is 27.3. The van der Waals surface area contributed by atoms with Gasteiger partial charge in [0.25, 0.3) is 23.1 Å². The number of hydrogen-bond acceptors (Lipinski definition) is 20. The third-order valence-corrected chi connectivity index (χ3v) is 30.2. The fourth-order valence-electron chi connectivity index (χ4n) is 25.1. The number of alkyl halides is 2. The Morgan fingerprint density at radius 3 is 1.12 bits per heavy atom. The van der Waals surface area contributed by atoms with Crippen molar-refractivity contribution in [3.63, 3.8) is 0 Å². The standard InChI is InChI=1S/C21H26BClO5.C18H21BCl2O5.C18H22BClO5.C18H23BO5.CH4/c1-26-21(15-9-10-19(23)18(12-15)22(24)25)20(27-28-21)14-6-4-8-17(20)16-7-3-2-5-13(16)11-14;1-24-18(11-2-3-15(20)14(6-11)19(22)23)17(25-26-18)12-4-10-5-13(17)9-16(21,7-10)8-12;1-23-18(12-3-2-4-15(7-12)19(21)22)17(24-25-18)13-5-11-6-14(17)10-16(20,8-11)9-13;1-22-18(13-3-2-4-16(10-13)19(20)21)17(23-24-18)14-6-11-5-12(8-14)9-15(17)7-11;/h9-10,12,14,17,24-25H,2-8,11H2,1H3;2-3,6,10,12-13,22-23H,4-5,7-9H2,1H3;2-4,7,11,13-14,21-22H,5-6,8-10H2,1H3;2-4,10-12,14-15,20-21H,5-9H2,1H3;1H4. The number of allylic oxidation sites excluding steroid dienone is 1. The molecule has 4 saturated heterocycles. The molecule has 11 unspecified atom stereocenters. The van der Waals surface area contributed by atoms with Gasteiger partial charge in [0.15, 0.2) is 22.4 Å². The summed E-state index contributed by atoms with van der Waals surface area (Å²) in [5.41, 5.74) is 5.38. The SMILES string of the molecule is C.COC1(c2ccc(Cl)c(B(O)O)c2)OOC12C1CC3CC2CC(Cl)(C3)C1.COC1(c2ccc(Cl)c(B(O)O)c2)OOC12C1CCCC2C2=C(CCCC2)C1.COC1(c2cccc(B(O)O)c2)OOC12C1CC3CC(C1)CC2C3.COC1(c2cccc(B(O)O)c2)OOC12C1CC3CC2CC(Cl)(C3)C1. The minimum Gasteiger partial charge on any atom is -0.423 e. The fraction of sp³-hybridized carbons (Fsp3) is 0.658. The number of hydrogen-bond donors (Lipinski definition) is 8. The lowest BCUT2D eigenvalue weighted by molar-refractivity contribution is -0.645. The maximum Gasteiger partial charge on any atom is 0.489 e. The lowest BCUT2D eigenvalue weighted by Gasteiger charge is -2.70. The molecule has 4 heterocycles. The van der Waals surface area contributed by atoms with Gasteiger partial charge in [-0.3, -0.25) is 0 Å². The summed E-state index contributed by atoms with van der Waals surface area (Å²) >= 11 is 26.1. The number of methoxy groups -OCH3 is 4. The molecule has 0 aromatic heterocycles. The highest BCUT2D eigenvalue weighted by atomic mass is 35.5. The molecule has 8 N–H and O–H groups in total. The smallest absolute Gasteiger partial charge is 0.423 e. The summed E-state index contributed by atoms with van der Waals surface area (Å²) in [7, 11) is 0.189. The van der Waals surface area contributed by atoms with Gasteiger partial charge >= 0.3 is 28.5 Å². The summed E-state index contributed by atoms with van der Waals surface area (Å²) in [6.45, 7) is 0. The van der Waals surface area contributed by atoms with Gasteiger partial charge < -0.3 is 59.1 Å². The molecule has 0 radical (unpaired) electrons. The summed E-state index contributed by atoms with van der Waals surface area (Å²) < 4.78 is 23.9. The second-order valence-corrected chi connectivity index (χ2v) is 35.8. The van der Waals surface area contributed by atoms with E-state index < -0.39 is 74.0 Å². The first-order valence-electron chi connectivity index (χ1n) is 37.4.